The highest BCUT2D eigenvalue weighted by molar-refractivity contribution is 5.99. The topological polar surface area (TPSA) is 72.8 Å². The number of methoxy groups -OCH3 is 1. The van der Waals surface area contributed by atoms with Crippen molar-refractivity contribution in [2.75, 3.05) is 13.7 Å². The third-order valence-corrected chi connectivity index (χ3v) is 7.54. The molecule has 0 radical (unpaired) electrons. The Morgan fingerprint density at radius 3 is 2.39 bits per heavy atom. The molecule has 2 saturated carbocycles. The number of aryl methyl sites for hydroxylation is 1. The van der Waals surface area contributed by atoms with Gasteiger partial charge in [-0.25, -0.2) is 0 Å². The summed E-state index contributed by atoms with van der Waals surface area (Å²) in [6, 6.07) is 13.4. The first-order valence-electron chi connectivity index (χ1n) is 12.0. The zero-order chi connectivity index (χ0) is 23.4. The fourth-order valence-corrected chi connectivity index (χ4v) is 5.82. The summed E-state index contributed by atoms with van der Waals surface area (Å²) in [5.41, 5.74) is 1.93. The molecular weight excluding hydrogens is 416 g/mol. The van der Waals surface area contributed by atoms with Crippen LogP contribution in [0.1, 0.15) is 66.4 Å². The minimum atomic E-state index is -0.942. The molecule has 5 nitrogen and oxygen atoms in total. The van der Waals surface area contributed by atoms with Crippen molar-refractivity contribution in [2.24, 2.45) is 17.3 Å². The standard InChI is InChI=1S/C28H34O5/c1-19-6-5-7-20(14-19)12-13-33-26-15-21(10-11-25(26)32-2)24(29)18-28(27(30)31)16-22-8-3-4-9-23(22)17-28/h5-7,10-11,14-15,22-23H,3-4,8-9,12-13,16-18H2,1-2H3,(H,30,31). The zero-order valence-electron chi connectivity index (χ0n) is 19.6. The Labute approximate surface area is 196 Å². The Morgan fingerprint density at radius 1 is 1.03 bits per heavy atom. The van der Waals surface area contributed by atoms with Gasteiger partial charge in [0.1, 0.15) is 0 Å². The van der Waals surface area contributed by atoms with E-state index in [4.69, 9.17) is 9.47 Å². The third kappa shape index (κ3) is 5.23. The lowest BCUT2D eigenvalue weighted by Gasteiger charge is -2.24. The van der Waals surface area contributed by atoms with E-state index in [-0.39, 0.29) is 12.2 Å². The van der Waals surface area contributed by atoms with Gasteiger partial charge in [0.05, 0.1) is 19.1 Å². The monoisotopic (exact) mass is 450 g/mol. The maximum atomic E-state index is 13.2. The van der Waals surface area contributed by atoms with Crippen LogP contribution < -0.4 is 9.47 Å². The Morgan fingerprint density at radius 2 is 1.76 bits per heavy atom. The SMILES string of the molecule is COc1ccc(C(=O)CC2(C(=O)O)CC3CCCCC3C2)cc1OCCc1cccc(C)c1. The lowest BCUT2D eigenvalue weighted by atomic mass is 9.79. The molecule has 2 aromatic carbocycles. The van der Waals surface area contributed by atoms with Gasteiger partial charge in [0, 0.05) is 18.4 Å². The summed E-state index contributed by atoms with van der Waals surface area (Å²) < 4.78 is 11.4. The van der Waals surface area contributed by atoms with E-state index in [1.165, 1.54) is 24.0 Å². The van der Waals surface area contributed by atoms with E-state index in [9.17, 15) is 14.7 Å². The largest absolute Gasteiger partial charge is 0.493 e. The lowest BCUT2D eigenvalue weighted by molar-refractivity contribution is -0.148. The second kappa shape index (κ2) is 9.98. The summed E-state index contributed by atoms with van der Waals surface area (Å²) in [4.78, 5) is 25.5. The maximum absolute atomic E-state index is 13.2. The van der Waals surface area contributed by atoms with Crippen LogP contribution in [0.3, 0.4) is 0 Å². The molecule has 0 bridgehead atoms. The number of aliphatic carboxylic acids is 1. The van der Waals surface area contributed by atoms with E-state index < -0.39 is 11.4 Å². The van der Waals surface area contributed by atoms with Gasteiger partial charge in [0.25, 0.3) is 0 Å². The maximum Gasteiger partial charge on any atom is 0.310 e. The van der Waals surface area contributed by atoms with Crippen molar-refractivity contribution < 1.29 is 24.2 Å². The van der Waals surface area contributed by atoms with E-state index in [1.807, 2.05) is 6.07 Å². The number of carboxylic acid groups (broad SMARTS) is 1. The number of hydrogen-bond donors (Lipinski definition) is 1. The molecule has 33 heavy (non-hydrogen) atoms. The molecule has 2 atom stereocenters. The van der Waals surface area contributed by atoms with Crippen molar-refractivity contribution in [3.8, 4) is 11.5 Å². The van der Waals surface area contributed by atoms with E-state index in [0.29, 0.717) is 48.3 Å². The number of benzene rings is 2. The molecule has 0 heterocycles. The van der Waals surface area contributed by atoms with Crippen LogP contribution in [0.15, 0.2) is 42.5 Å². The van der Waals surface area contributed by atoms with Gasteiger partial charge in [-0.2, -0.15) is 0 Å². The van der Waals surface area contributed by atoms with Crippen LogP contribution in [-0.4, -0.2) is 30.6 Å². The molecule has 2 aromatic rings. The highest BCUT2D eigenvalue weighted by atomic mass is 16.5. The van der Waals surface area contributed by atoms with Gasteiger partial charge >= 0.3 is 5.97 Å². The van der Waals surface area contributed by atoms with Gasteiger partial charge in [0.15, 0.2) is 17.3 Å². The van der Waals surface area contributed by atoms with Crippen LogP contribution in [0.25, 0.3) is 0 Å². The molecule has 2 aliphatic rings. The van der Waals surface area contributed by atoms with E-state index in [2.05, 4.69) is 25.1 Å². The van der Waals surface area contributed by atoms with Crippen LogP contribution in [0, 0.1) is 24.2 Å². The first-order valence-corrected chi connectivity index (χ1v) is 12.0. The third-order valence-electron chi connectivity index (χ3n) is 7.54. The molecule has 0 aliphatic heterocycles. The van der Waals surface area contributed by atoms with Crippen LogP contribution in [-0.2, 0) is 11.2 Å². The molecule has 0 saturated heterocycles. The van der Waals surface area contributed by atoms with Crippen molar-refractivity contribution in [1.29, 1.82) is 0 Å². The number of fused-ring (bicyclic) bond motifs is 1. The van der Waals surface area contributed by atoms with Gasteiger partial charge in [-0.15, -0.1) is 0 Å². The van der Waals surface area contributed by atoms with E-state index in [0.717, 1.165) is 19.3 Å². The number of ether oxygens (including phenoxy) is 2. The van der Waals surface area contributed by atoms with Gasteiger partial charge < -0.3 is 14.6 Å². The number of hydrogen-bond acceptors (Lipinski definition) is 4. The lowest BCUT2D eigenvalue weighted by Crippen LogP contribution is -2.31. The van der Waals surface area contributed by atoms with Crippen molar-refractivity contribution >= 4 is 11.8 Å². The minimum Gasteiger partial charge on any atom is -0.493 e. The molecule has 0 amide bonds. The predicted molar refractivity (Wildman–Crippen MR) is 127 cm³/mol. The summed E-state index contributed by atoms with van der Waals surface area (Å²) in [6.07, 6.45) is 6.56. The van der Waals surface area contributed by atoms with Gasteiger partial charge in [-0.1, -0.05) is 55.5 Å². The molecule has 4 rings (SSSR count). The first-order chi connectivity index (χ1) is 15.9. The van der Waals surface area contributed by atoms with Crippen LogP contribution >= 0.6 is 0 Å². The van der Waals surface area contributed by atoms with Crippen LogP contribution in [0.5, 0.6) is 11.5 Å². The summed E-state index contributed by atoms with van der Waals surface area (Å²) in [5, 5.41) is 10.1. The average molecular weight is 451 g/mol. The zero-order valence-corrected chi connectivity index (χ0v) is 19.6. The molecule has 0 aromatic heterocycles. The fourth-order valence-electron chi connectivity index (χ4n) is 5.82. The number of carbonyl (C=O) groups is 2. The Kier molecular flexibility index (Phi) is 7.06. The number of ketones is 1. The van der Waals surface area contributed by atoms with Crippen molar-refractivity contribution in [2.45, 2.75) is 58.3 Å². The first kappa shape index (κ1) is 23.3. The summed E-state index contributed by atoms with van der Waals surface area (Å²) >= 11 is 0. The molecule has 5 heteroatoms. The summed E-state index contributed by atoms with van der Waals surface area (Å²) in [6.45, 7) is 2.52. The Bertz CT molecular complexity index is 997. The van der Waals surface area contributed by atoms with E-state index in [1.54, 1.807) is 25.3 Å². The molecule has 176 valence electrons. The molecule has 2 fully saturated rings. The van der Waals surface area contributed by atoms with Gasteiger partial charge in [-0.3, -0.25) is 9.59 Å². The fraction of sp³-hybridized carbons (Fsp3) is 0.500. The molecule has 1 N–H and O–H groups in total. The Hall–Kier alpha value is -2.82. The smallest absolute Gasteiger partial charge is 0.310 e. The highest BCUT2D eigenvalue weighted by Gasteiger charge is 2.51. The Balaban J connectivity index is 1.46. The number of Topliss-reactive ketones (excluding diaryl/α,β-unsaturated/α-hetero) is 1. The molecule has 2 unspecified atom stereocenters. The van der Waals surface area contributed by atoms with Gasteiger partial charge in [0.2, 0.25) is 0 Å². The van der Waals surface area contributed by atoms with Crippen LogP contribution in [0.4, 0.5) is 0 Å². The quantitative estimate of drug-likeness (QED) is 0.484. The average Bonchev–Trinajstić information content (AvgIpc) is 3.18. The predicted octanol–water partition coefficient (Wildman–Crippen LogP) is 5.87. The van der Waals surface area contributed by atoms with Crippen molar-refractivity contribution in [3.63, 3.8) is 0 Å². The van der Waals surface area contributed by atoms with Crippen molar-refractivity contribution in [3.05, 3.63) is 59.2 Å². The van der Waals surface area contributed by atoms with Gasteiger partial charge in [-0.05, 0) is 55.4 Å². The second-order valence-electron chi connectivity index (χ2n) is 9.85. The molecule has 2 aliphatic carbocycles. The number of rotatable bonds is 9. The number of carbonyl (C=O) groups excluding carboxylic acids is 1. The molecular formula is C28H34O5. The minimum absolute atomic E-state index is 0.0460. The number of carboxylic acids is 1. The molecule has 0 spiro atoms. The van der Waals surface area contributed by atoms with Crippen LogP contribution in [0.2, 0.25) is 0 Å². The normalized spacial score (nSPS) is 24.2. The summed E-state index contributed by atoms with van der Waals surface area (Å²) in [7, 11) is 1.57. The van der Waals surface area contributed by atoms with Crippen molar-refractivity contribution in [1.82, 2.24) is 0 Å². The highest BCUT2D eigenvalue weighted by Crippen LogP contribution is 2.53. The second-order valence-corrected chi connectivity index (χ2v) is 9.85. The van der Waals surface area contributed by atoms with E-state index >= 15 is 0 Å². The summed E-state index contributed by atoms with van der Waals surface area (Å²) in [5.74, 6) is 1.00.